The number of piperidine rings is 1. The lowest BCUT2D eigenvalue weighted by atomic mass is 10.00. The normalized spacial score (nSPS) is 16.9. The van der Waals surface area contributed by atoms with Crippen LogP contribution in [0.1, 0.15) is 36.6 Å². The molecule has 0 atom stereocenters. The second-order valence-corrected chi connectivity index (χ2v) is 6.10. The van der Waals surface area contributed by atoms with Crippen molar-refractivity contribution in [1.29, 1.82) is 0 Å². The summed E-state index contributed by atoms with van der Waals surface area (Å²) in [6, 6.07) is 0.0511. The summed E-state index contributed by atoms with van der Waals surface area (Å²) in [5.74, 6) is 0.750. The van der Waals surface area contributed by atoms with Crippen molar-refractivity contribution in [2.45, 2.75) is 39.7 Å². The molecule has 1 aliphatic rings. The van der Waals surface area contributed by atoms with Crippen LogP contribution < -0.4 is 5.32 Å². The molecule has 0 aromatic carbocycles. The van der Waals surface area contributed by atoms with Crippen molar-refractivity contribution in [3.8, 4) is 0 Å². The van der Waals surface area contributed by atoms with Crippen LogP contribution in [-0.2, 0) is 13.0 Å². The van der Waals surface area contributed by atoms with Crippen LogP contribution in [0.25, 0.3) is 0 Å². The predicted molar refractivity (Wildman–Crippen MR) is 73.7 cm³/mol. The molecule has 5 heteroatoms. The Morgan fingerprint density at radius 2 is 2.28 bits per heavy atom. The molecular weight excluding hydrogens is 246 g/mol. The number of aromatic nitrogens is 1. The molecule has 4 nitrogen and oxygen atoms in total. The highest BCUT2D eigenvalue weighted by Crippen LogP contribution is 2.16. The lowest BCUT2D eigenvalue weighted by Gasteiger charge is -2.30. The van der Waals surface area contributed by atoms with Gasteiger partial charge in [0, 0.05) is 24.2 Å². The Bertz CT molecular complexity index is 397. The zero-order valence-electron chi connectivity index (χ0n) is 11.1. The third-order valence-electron chi connectivity index (χ3n) is 3.41. The second kappa shape index (κ2) is 6.18. The summed E-state index contributed by atoms with van der Waals surface area (Å²) in [6.07, 6.45) is 5.14. The van der Waals surface area contributed by atoms with Crippen LogP contribution in [0, 0.1) is 5.92 Å². The van der Waals surface area contributed by atoms with Gasteiger partial charge in [0.05, 0.1) is 6.54 Å². The van der Waals surface area contributed by atoms with Gasteiger partial charge in [0.15, 0.2) is 0 Å². The molecule has 0 aliphatic carbocycles. The molecule has 0 bridgehead atoms. The number of likely N-dealkylation sites (tertiary alicyclic amines) is 1. The first kappa shape index (κ1) is 13.3. The van der Waals surface area contributed by atoms with Gasteiger partial charge < -0.3 is 10.2 Å². The molecule has 1 aliphatic heterocycles. The fraction of sp³-hybridized carbons (Fsp3) is 0.692. The van der Waals surface area contributed by atoms with Crippen molar-refractivity contribution in [2.24, 2.45) is 5.92 Å². The second-order valence-electron chi connectivity index (χ2n) is 4.90. The van der Waals surface area contributed by atoms with Crippen molar-refractivity contribution in [1.82, 2.24) is 15.2 Å². The predicted octanol–water partition coefficient (Wildman–Crippen LogP) is 2.65. The lowest BCUT2D eigenvalue weighted by Crippen LogP contribution is -2.43. The summed E-state index contributed by atoms with van der Waals surface area (Å²) >= 11 is 1.68. The van der Waals surface area contributed by atoms with Crippen molar-refractivity contribution in [3.63, 3.8) is 0 Å². The van der Waals surface area contributed by atoms with E-state index in [9.17, 15) is 4.79 Å². The minimum atomic E-state index is 0.0511. The molecule has 0 radical (unpaired) electrons. The topological polar surface area (TPSA) is 45.2 Å². The highest BCUT2D eigenvalue weighted by molar-refractivity contribution is 7.11. The van der Waals surface area contributed by atoms with E-state index in [-0.39, 0.29) is 6.03 Å². The Morgan fingerprint density at radius 3 is 2.89 bits per heavy atom. The number of carbonyl (C=O) groups is 1. The number of amides is 2. The van der Waals surface area contributed by atoms with Crippen molar-refractivity contribution in [2.75, 3.05) is 13.1 Å². The molecule has 1 saturated heterocycles. The first-order valence-electron chi connectivity index (χ1n) is 6.65. The quantitative estimate of drug-likeness (QED) is 0.915. The van der Waals surface area contributed by atoms with Gasteiger partial charge in [0.25, 0.3) is 0 Å². The zero-order valence-corrected chi connectivity index (χ0v) is 11.9. The van der Waals surface area contributed by atoms with Crippen LogP contribution in [0.4, 0.5) is 4.79 Å². The first-order chi connectivity index (χ1) is 8.69. The van der Waals surface area contributed by atoms with E-state index in [0.29, 0.717) is 6.54 Å². The van der Waals surface area contributed by atoms with E-state index in [1.165, 1.54) is 4.88 Å². The van der Waals surface area contributed by atoms with Gasteiger partial charge in [0.2, 0.25) is 0 Å². The molecule has 1 N–H and O–H groups in total. The maximum Gasteiger partial charge on any atom is 0.317 e. The van der Waals surface area contributed by atoms with E-state index in [4.69, 9.17) is 0 Å². The van der Waals surface area contributed by atoms with E-state index >= 15 is 0 Å². The van der Waals surface area contributed by atoms with Gasteiger partial charge in [-0.05, 0) is 25.2 Å². The molecule has 2 amide bonds. The molecule has 2 heterocycles. The van der Waals surface area contributed by atoms with E-state index < -0.39 is 0 Å². The third kappa shape index (κ3) is 3.45. The number of thiazole rings is 1. The number of hydrogen-bond acceptors (Lipinski definition) is 3. The SMILES string of the molecule is CCc1cnc(CNC(=O)N2CCC(C)CC2)s1. The number of hydrogen-bond donors (Lipinski definition) is 1. The number of nitrogens with one attached hydrogen (secondary N) is 1. The Balaban J connectivity index is 1.77. The molecule has 0 unspecified atom stereocenters. The van der Waals surface area contributed by atoms with Crippen LogP contribution >= 0.6 is 11.3 Å². The standard InChI is InChI=1S/C13H21N3OS/c1-3-11-8-14-12(18-11)9-15-13(17)16-6-4-10(2)5-7-16/h8,10H,3-7,9H2,1-2H3,(H,15,17). The lowest BCUT2D eigenvalue weighted by molar-refractivity contribution is 0.173. The number of carbonyl (C=O) groups excluding carboxylic acids is 1. The largest absolute Gasteiger partial charge is 0.331 e. The molecule has 0 spiro atoms. The number of rotatable bonds is 3. The summed E-state index contributed by atoms with van der Waals surface area (Å²) in [7, 11) is 0. The van der Waals surface area contributed by atoms with Crippen LogP contribution in [0.2, 0.25) is 0 Å². The van der Waals surface area contributed by atoms with Crippen LogP contribution in [0.15, 0.2) is 6.20 Å². The third-order valence-corrected chi connectivity index (χ3v) is 4.55. The van der Waals surface area contributed by atoms with Crippen LogP contribution in [0.3, 0.4) is 0 Å². The maximum atomic E-state index is 11.9. The molecule has 100 valence electrons. The van der Waals surface area contributed by atoms with Gasteiger partial charge in [-0.15, -0.1) is 11.3 Å². The summed E-state index contributed by atoms with van der Waals surface area (Å²) in [5, 5.41) is 3.95. The molecular formula is C13H21N3OS. The smallest absolute Gasteiger partial charge is 0.317 e. The summed E-state index contributed by atoms with van der Waals surface area (Å²) < 4.78 is 0. The summed E-state index contributed by atoms with van der Waals surface area (Å²) in [5.41, 5.74) is 0. The highest BCUT2D eigenvalue weighted by Gasteiger charge is 2.19. The minimum absolute atomic E-state index is 0.0511. The fourth-order valence-corrected chi connectivity index (χ4v) is 2.87. The molecule has 1 aromatic heterocycles. The van der Waals surface area contributed by atoms with Gasteiger partial charge in [-0.2, -0.15) is 0 Å². The minimum Gasteiger partial charge on any atom is -0.331 e. The zero-order chi connectivity index (χ0) is 13.0. The van der Waals surface area contributed by atoms with Crippen molar-refractivity contribution in [3.05, 3.63) is 16.1 Å². The van der Waals surface area contributed by atoms with Gasteiger partial charge in [-0.3, -0.25) is 0 Å². The van der Waals surface area contributed by atoms with Gasteiger partial charge in [0.1, 0.15) is 5.01 Å². The van der Waals surface area contributed by atoms with E-state index in [2.05, 4.69) is 24.1 Å². The summed E-state index contributed by atoms with van der Waals surface area (Å²) in [6.45, 7) is 6.67. The number of urea groups is 1. The van der Waals surface area contributed by atoms with Crippen LogP contribution in [0.5, 0.6) is 0 Å². The molecule has 0 saturated carbocycles. The molecule has 1 aromatic rings. The summed E-state index contributed by atoms with van der Waals surface area (Å²) in [4.78, 5) is 19.4. The average molecular weight is 267 g/mol. The van der Waals surface area contributed by atoms with Gasteiger partial charge in [-0.1, -0.05) is 13.8 Å². The van der Waals surface area contributed by atoms with Crippen molar-refractivity contribution >= 4 is 17.4 Å². The first-order valence-corrected chi connectivity index (χ1v) is 7.47. The number of aryl methyl sites for hydroxylation is 1. The molecule has 18 heavy (non-hydrogen) atoms. The van der Waals surface area contributed by atoms with E-state index in [1.54, 1.807) is 11.3 Å². The van der Waals surface area contributed by atoms with E-state index in [1.807, 2.05) is 11.1 Å². The molecule has 1 fully saturated rings. The maximum absolute atomic E-state index is 11.9. The van der Waals surface area contributed by atoms with Gasteiger partial charge >= 0.3 is 6.03 Å². The van der Waals surface area contributed by atoms with E-state index in [0.717, 1.165) is 43.3 Å². The Kier molecular flexibility index (Phi) is 4.58. The highest BCUT2D eigenvalue weighted by atomic mass is 32.1. The monoisotopic (exact) mass is 267 g/mol. The van der Waals surface area contributed by atoms with Gasteiger partial charge in [-0.25, -0.2) is 9.78 Å². The Morgan fingerprint density at radius 1 is 1.56 bits per heavy atom. The Labute approximate surface area is 112 Å². The number of nitrogens with zero attached hydrogens (tertiary/aromatic N) is 2. The average Bonchev–Trinajstić information content (AvgIpc) is 2.85. The Hall–Kier alpha value is -1.10. The van der Waals surface area contributed by atoms with Crippen molar-refractivity contribution < 1.29 is 4.79 Å². The molecule has 2 rings (SSSR count). The fourth-order valence-electron chi connectivity index (χ4n) is 2.07. The van der Waals surface area contributed by atoms with Crippen LogP contribution in [-0.4, -0.2) is 29.0 Å².